The molecule has 0 aliphatic rings. The summed E-state index contributed by atoms with van der Waals surface area (Å²) in [5.74, 6) is 0.102. The standard InChI is InChI=1S/C26H22ClN7O4/c1-4-32-14-22(16(3)31-32)24-7-8-28-25-21(13-29-33(24)25)26(35)30-17-10-18(34(36)37)12-20(11-17)38-19-5-6-23(27)15(2)9-19/h5-14H,4H2,1-3H3,(H,30,35). The number of hydrogen-bond donors (Lipinski definition) is 1. The van der Waals surface area contributed by atoms with Gasteiger partial charge in [-0.3, -0.25) is 19.6 Å². The monoisotopic (exact) mass is 531 g/mol. The van der Waals surface area contributed by atoms with Crippen molar-refractivity contribution in [2.24, 2.45) is 0 Å². The number of fused-ring (bicyclic) bond motifs is 1. The number of halogens is 1. The van der Waals surface area contributed by atoms with Crippen LogP contribution < -0.4 is 10.1 Å². The quantitative estimate of drug-likeness (QED) is 0.206. The smallest absolute Gasteiger partial charge is 0.275 e. The third kappa shape index (κ3) is 4.78. The van der Waals surface area contributed by atoms with E-state index < -0.39 is 10.8 Å². The van der Waals surface area contributed by atoms with E-state index >= 15 is 0 Å². The highest BCUT2D eigenvalue weighted by atomic mass is 35.5. The lowest BCUT2D eigenvalue weighted by Gasteiger charge is -2.10. The molecule has 0 aliphatic carbocycles. The molecule has 12 heteroatoms. The molecule has 0 fully saturated rings. The minimum atomic E-state index is -0.558. The summed E-state index contributed by atoms with van der Waals surface area (Å²) < 4.78 is 9.22. The fraction of sp³-hybridized carbons (Fsp3) is 0.154. The van der Waals surface area contributed by atoms with Gasteiger partial charge in [0, 0.05) is 41.7 Å². The molecule has 0 spiro atoms. The maximum Gasteiger partial charge on any atom is 0.275 e. The highest BCUT2D eigenvalue weighted by Gasteiger charge is 2.20. The van der Waals surface area contributed by atoms with Crippen LogP contribution in [0.25, 0.3) is 16.9 Å². The second-order valence-corrected chi connectivity index (χ2v) is 8.95. The molecular formula is C26H22ClN7O4. The number of hydrogen-bond acceptors (Lipinski definition) is 7. The van der Waals surface area contributed by atoms with Gasteiger partial charge in [0.15, 0.2) is 5.65 Å². The number of carbonyl (C=O) groups is 1. The Morgan fingerprint density at radius 2 is 1.97 bits per heavy atom. The van der Waals surface area contributed by atoms with Crippen molar-refractivity contribution in [1.82, 2.24) is 24.4 Å². The molecule has 5 rings (SSSR count). The number of anilines is 1. The number of nitrogens with zero attached hydrogens (tertiary/aromatic N) is 6. The van der Waals surface area contributed by atoms with Crippen molar-refractivity contribution in [2.45, 2.75) is 27.3 Å². The number of ether oxygens (including phenoxy) is 1. The van der Waals surface area contributed by atoms with Gasteiger partial charge in [0.05, 0.1) is 34.3 Å². The zero-order chi connectivity index (χ0) is 27.0. The third-order valence-corrected chi connectivity index (χ3v) is 6.34. The van der Waals surface area contributed by atoms with Crippen molar-refractivity contribution in [1.29, 1.82) is 0 Å². The summed E-state index contributed by atoms with van der Waals surface area (Å²) in [6, 6.07) is 10.9. The van der Waals surface area contributed by atoms with Gasteiger partial charge in [0.25, 0.3) is 11.6 Å². The Kier molecular flexibility index (Phi) is 6.52. The second-order valence-electron chi connectivity index (χ2n) is 8.55. The van der Waals surface area contributed by atoms with Gasteiger partial charge in [-0.25, -0.2) is 9.50 Å². The van der Waals surface area contributed by atoms with E-state index in [9.17, 15) is 14.9 Å². The average molecular weight is 532 g/mol. The van der Waals surface area contributed by atoms with Gasteiger partial charge >= 0.3 is 0 Å². The lowest BCUT2D eigenvalue weighted by Crippen LogP contribution is -2.12. The first kappa shape index (κ1) is 24.9. The highest BCUT2D eigenvalue weighted by Crippen LogP contribution is 2.32. The van der Waals surface area contributed by atoms with Gasteiger partial charge in [-0.15, -0.1) is 0 Å². The van der Waals surface area contributed by atoms with Gasteiger partial charge < -0.3 is 10.1 Å². The Labute approximate surface area is 221 Å². The van der Waals surface area contributed by atoms with Crippen molar-refractivity contribution in [3.63, 3.8) is 0 Å². The number of rotatable bonds is 7. The zero-order valence-electron chi connectivity index (χ0n) is 20.7. The normalized spacial score (nSPS) is 11.1. The predicted octanol–water partition coefficient (Wildman–Crippen LogP) is 5.84. The molecule has 5 aromatic rings. The summed E-state index contributed by atoms with van der Waals surface area (Å²) in [5, 5.41) is 23.7. The number of nitrogens with one attached hydrogen (secondary N) is 1. The third-order valence-electron chi connectivity index (χ3n) is 5.92. The summed E-state index contributed by atoms with van der Waals surface area (Å²) >= 11 is 6.07. The first-order valence-corrected chi connectivity index (χ1v) is 12.0. The fourth-order valence-corrected chi connectivity index (χ4v) is 4.14. The van der Waals surface area contributed by atoms with E-state index in [0.29, 0.717) is 23.0 Å². The molecule has 1 amide bonds. The molecule has 0 bridgehead atoms. The highest BCUT2D eigenvalue weighted by molar-refractivity contribution is 6.31. The second kappa shape index (κ2) is 9.94. The number of non-ortho nitro benzene ring substituents is 1. The molecule has 3 aromatic heterocycles. The molecule has 0 unspecified atom stereocenters. The summed E-state index contributed by atoms with van der Waals surface area (Å²) in [6.45, 7) is 6.43. The van der Waals surface area contributed by atoms with E-state index in [1.165, 1.54) is 24.4 Å². The van der Waals surface area contributed by atoms with Crippen LogP contribution in [0.4, 0.5) is 11.4 Å². The van der Waals surface area contributed by atoms with Gasteiger partial charge in [-0.2, -0.15) is 10.2 Å². The number of amides is 1. The minimum absolute atomic E-state index is 0.180. The number of nitro groups is 1. The van der Waals surface area contributed by atoms with Crippen LogP contribution in [0.5, 0.6) is 11.5 Å². The number of aryl methyl sites for hydroxylation is 3. The van der Waals surface area contributed by atoms with E-state index in [-0.39, 0.29) is 22.7 Å². The molecule has 192 valence electrons. The molecule has 0 saturated heterocycles. The maximum absolute atomic E-state index is 13.2. The van der Waals surface area contributed by atoms with E-state index in [2.05, 4.69) is 20.5 Å². The summed E-state index contributed by atoms with van der Waals surface area (Å²) in [7, 11) is 0. The van der Waals surface area contributed by atoms with Crippen LogP contribution >= 0.6 is 11.6 Å². The molecule has 1 N–H and O–H groups in total. The number of carbonyl (C=O) groups excluding carboxylic acids is 1. The van der Waals surface area contributed by atoms with E-state index in [4.69, 9.17) is 16.3 Å². The Morgan fingerprint density at radius 1 is 1.16 bits per heavy atom. The molecular weight excluding hydrogens is 510 g/mol. The average Bonchev–Trinajstić information content (AvgIpc) is 3.49. The molecule has 0 saturated carbocycles. The van der Waals surface area contributed by atoms with Crippen molar-refractivity contribution in [2.75, 3.05) is 5.32 Å². The van der Waals surface area contributed by atoms with Crippen molar-refractivity contribution < 1.29 is 14.5 Å². The van der Waals surface area contributed by atoms with Crippen LogP contribution in [-0.2, 0) is 6.54 Å². The van der Waals surface area contributed by atoms with E-state index in [1.54, 1.807) is 35.0 Å². The first-order valence-electron chi connectivity index (χ1n) is 11.7. The molecule has 0 aliphatic heterocycles. The molecule has 0 atom stereocenters. The summed E-state index contributed by atoms with van der Waals surface area (Å²) in [4.78, 5) is 28.6. The predicted molar refractivity (Wildman–Crippen MR) is 142 cm³/mol. The molecule has 11 nitrogen and oxygen atoms in total. The lowest BCUT2D eigenvalue weighted by molar-refractivity contribution is -0.384. The summed E-state index contributed by atoms with van der Waals surface area (Å²) in [6.07, 6.45) is 4.92. The van der Waals surface area contributed by atoms with Gasteiger partial charge in [-0.05, 0) is 50.6 Å². The summed E-state index contributed by atoms with van der Waals surface area (Å²) in [5.41, 5.74) is 3.69. The first-order chi connectivity index (χ1) is 18.2. The minimum Gasteiger partial charge on any atom is -0.457 e. The van der Waals surface area contributed by atoms with E-state index in [0.717, 1.165) is 22.5 Å². The van der Waals surface area contributed by atoms with Crippen LogP contribution in [0.1, 0.15) is 28.5 Å². The van der Waals surface area contributed by atoms with Crippen LogP contribution in [0.3, 0.4) is 0 Å². The van der Waals surface area contributed by atoms with Gasteiger partial charge in [0.2, 0.25) is 0 Å². The molecule has 0 radical (unpaired) electrons. The molecule has 2 aromatic carbocycles. The SMILES string of the molecule is CCn1cc(-c2ccnc3c(C(=O)Nc4cc(Oc5ccc(Cl)c(C)c5)cc([N+](=O)[O-])c4)cnn23)c(C)n1. The topological polar surface area (TPSA) is 129 Å². The Balaban J connectivity index is 1.46. The number of aromatic nitrogens is 5. The van der Waals surface area contributed by atoms with Crippen LogP contribution in [0.2, 0.25) is 5.02 Å². The zero-order valence-corrected chi connectivity index (χ0v) is 21.4. The fourth-order valence-electron chi connectivity index (χ4n) is 4.02. The van der Waals surface area contributed by atoms with Crippen LogP contribution in [0, 0.1) is 24.0 Å². The number of nitro benzene ring substituents is 1. The van der Waals surface area contributed by atoms with Gasteiger partial charge in [-0.1, -0.05) is 11.6 Å². The Hall–Kier alpha value is -4.77. The van der Waals surface area contributed by atoms with E-state index in [1.807, 2.05) is 31.6 Å². The van der Waals surface area contributed by atoms with Crippen LogP contribution in [-0.4, -0.2) is 35.2 Å². The number of benzene rings is 2. The van der Waals surface area contributed by atoms with Gasteiger partial charge in [0.1, 0.15) is 17.1 Å². The maximum atomic E-state index is 13.2. The largest absolute Gasteiger partial charge is 0.457 e. The molecule has 38 heavy (non-hydrogen) atoms. The van der Waals surface area contributed by atoms with Crippen molar-refractivity contribution in [3.8, 4) is 22.8 Å². The Bertz CT molecular complexity index is 1710. The van der Waals surface area contributed by atoms with Crippen LogP contribution in [0.15, 0.2) is 61.1 Å². The van der Waals surface area contributed by atoms with Crippen molar-refractivity contribution in [3.05, 3.63) is 93.0 Å². The lowest BCUT2D eigenvalue weighted by atomic mass is 10.2. The van der Waals surface area contributed by atoms with Crippen molar-refractivity contribution >= 4 is 34.5 Å². The molecule has 3 heterocycles. The Morgan fingerprint density at radius 3 is 2.68 bits per heavy atom.